The van der Waals surface area contributed by atoms with Crippen molar-refractivity contribution in [2.75, 3.05) is 7.05 Å². The lowest BCUT2D eigenvalue weighted by Gasteiger charge is -2.02. The number of likely N-dealkylation sites (N-methyl/N-ethyl adjacent to an activating group) is 1. The SMILES string of the molecule is CNC(=O)Cn1c(=O)[nH]c2ccc(C(=O)O)cc21. The first-order valence-electron chi connectivity index (χ1n) is 5.19. The van der Waals surface area contributed by atoms with Crippen molar-refractivity contribution in [2.45, 2.75) is 6.54 Å². The number of carboxylic acids is 1. The molecule has 18 heavy (non-hydrogen) atoms. The van der Waals surface area contributed by atoms with Crippen LogP contribution in [0.2, 0.25) is 0 Å². The summed E-state index contributed by atoms with van der Waals surface area (Å²) in [6, 6.07) is 4.25. The van der Waals surface area contributed by atoms with Gasteiger partial charge in [-0.1, -0.05) is 0 Å². The van der Waals surface area contributed by atoms with Crippen molar-refractivity contribution in [3.63, 3.8) is 0 Å². The Labute approximate surface area is 101 Å². The number of amides is 1. The van der Waals surface area contributed by atoms with Crippen LogP contribution in [0.3, 0.4) is 0 Å². The monoisotopic (exact) mass is 249 g/mol. The summed E-state index contributed by atoms with van der Waals surface area (Å²) < 4.78 is 1.20. The fraction of sp³-hybridized carbons (Fsp3) is 0.182. The Morgan fingerprint density at radius 1 is 1.44 bits per heavy atom. The highest BCUT2D eigenvalue weighted by Gasteiger charge is 2.12. The van der Waals surface area contributed by atoms with E-state index in [1.807, 2.05) is 0 Å². The molecule has 0 unspecified atom stereocenters. The van der Waals surface area contributed by atoms with Gasteiger partial charge in [0.2, 0.25) is 5.91 Å². The van der Waals surface area contributed by atoms with E-state index in [-0.39, 0.29) is 18.0 Å². The number of aromatic nitrogens is 2. The number of carbonyl (C=O) groups excluding carboxylic acids is 1. The molecule has 1 aromatic carbocycles. The lowest BCUT2D eigenvalue weighted by atomic mass is 10.2. The predicted molar refractivity (Wildman–Crippen MR) is 63.6 cm³/mol. The summed E-state index contributed by atoms with van der Waals surface area (Å²) in [6.45, 7) is -0.154. The van der Waals surface area contributed by atoms with Crippen LogP contribution in [-0.2, 0) is 11.3 Å². The highest BCUT2D eigenvalue weighted by Crippen LogP contribution is 2.12. The number of nitrogens with zero attached hydrogens (tertiary/aromatic N) is 1. The van der Waals surface area contributed by atoms with Gasteiger partial charge in [0.25, 0.3) is 0 Å². The molecule has 0 radical (unpaired) electrons. The van der Waals surface area contributed by atoms with Gasteiger partial charge in [0.1, 0.15) is 6.54 Å². The van der Waals surface area contributed by atoms with Crippen molar-refractivity contribution in [1.82, 2.24) is 14.9 Å². The summed E-state index contributed by atoms with van der Waals surface area (Å²) >= 11 is 0. The average Bonchev–Trinajstić information content (AvgIpc) is 2.65. The van der Waals surface area contributed by atoms with Crippen LogP contribution in [0.25, 0.3) is 11.0 Å². The highest BCUT2D eigenvalue weighted by molar-refractivity contribution is 5.92. The summed E-state index contributed by atoms with van der Waals surface area (Å²) in [4.78, 5) is 36.4. The molecule has 2 rings (SSSR count). The van der Waals surface area contributed by atoms with E-state index in [4.69, 9.17) is 5.11 Å². The van der Waals surface area contributed by atoms with Gasteiger partial charge in [0.15, 0.2) is 0 Å². The topological polar surface area (TPSA) is 104 Å². The van der Waals surface area contributed by atoms with Crippen LogP contribution in [0.15, 0.2) is 23.0 Å². The van der Waals surface area contributed by atoms with Crippen LogP contribution in [0.5, 0.6) is 0 Å². The molecule has 7 heteroatoms. The largest absolute Gasteiger partial charge is 0.478 e. The number of nitrogens with one attached hydrogen (secondary N) is 2. The van der Waals surface area contributed by atoms with Gasteiger partial charge in [0, 0.05) is 7.05 Å². The molecule has 1 aromatic heterocycles. The number of fused-ring (bicyclic) bond motifs is 1. The predicted octanol–water partition coefficient (Wildman–Crippen LogP) is -0.226. The Hall–Kier alpha value is -2.57. The van der Waals surface area contributed by atoms with Crippen LogP contribution in [0.1, 0.15) is 10.4 Å². The first kappa shape index (κ1) is 11.9. The second-order valence-corrected chi connectivity index (χ2v) is 3.73. The van der Waals surface area contributed by atoms with Crippen LogP contribution >= 0.6 is 0 Å². The van der Waals surface area contributed by atoms with Crippen molar-refractivity contribution >= 4 is 22.9 Å². The molecule has 0 spiro atoms. The molecule has 0 bridgehead atoms. The Morgan fingerprint density at radius 3 is 2.78 bits per heavy atom. The second-order valence-electron chi connectivity index (χ2n) is 3.73. The van der Waals surface area contributed by atoms with Gasteiger partial charge in [-0.2, -0.15) is 0 Å². The normalized spacial score (nSPS) is 10.5. The summed E-state index contributed by atoms with van der Waals surface area (Å²) in [5.74, 6) is -1.42. The summed E-state index contributed by atoms with van der Waals surface area (Å²) in [5.41, 5.74) is 0.501. The molecule has 3 N–H and O–H groups in total. The zero-order valence-corrected chi connectivity index (χ0v) is 9.56. The number of hydrogen-bond donors (Lipinski definition) is 3. The van der Waals surface area contributed by atoms with E-state index in [0.717, 1.165) is 0 Å². The second kappa shape index (κ2) is 4.36. The number of aromatic carboxylic acids is 1. The van der Waals surface area contributed by atoms with Crippen molar-refractivity contribution in [3.05, 3.63) is 34.2 Å². The van der Waals surface area contributed by atoms with Crippen molar-refractivity contribution in [1.29, 1.82) is 0 Å². The maximum atomic E-state index is 11.7. The third-order valence-corrected chi connectivity index (χ3v) is 2.60. The van der Waals surface area contributed by atoms with Gasteiger partial charge in [-0.15, -0.1) is 0 Å². The molecule has 94 valence electrons. The van der Waals surface area contributed by atoms with Crippen LogP contribution in [0.4, 0.5) is 0 Å². The summed E-state index contributed by atoms with van der Waals surface area (Å²) in [7, 11) is 1.46. The van der Waals surface area contributed by atoms with Crippen molar-refractivity contribution in [3.8, 4) is 0 Å². The van der Waals surface area contributed by atoms with Crippen molar-refractivity contribution in [2.24, 2.45) is 0 Å². The van der Waals surface area contributed by atoms with Gasteiger partial charge in [-0.25, -0.2) is 9.59 Å². The summed E-state index contributed by atoms with van der Waals surface area (Å²) in [5, 5.41) is 11.3. The number of carboxylic acid groups (broad SMARTS) is 1. The lowest BCUT2D eigenvalue weighted by molar-refractivity contribution is -0.121. The fourth-order valence-electron chi connectivity index (χ4n) is 1.67. The molecule has 1 amide bonds. The van der Waals surface area contributed by atoms with E-state index in [1.54, 1.807) is 0 Å². The molecule has 0 saturated heterocycles. The van der Waals surface area contributed by atoms with E-state index >= 15 is 0 Å². The molecule has 0 saturated carbocycles. The molecular weight excluding hydrogens is 238 g/mol. The van der Waals surface area contributed by atoms with E-state index in [9.17, 15) is 14.4 Å². The van der Waals surface area contributed by atoms with E-state index in [0.29, 0.717) is 11.0 Å². The number of hydrogen-bond acceptors (Lipinski definition) is 3. The first-order valence-corrected chi connectivity index (χ1v) is 5.19. The first-order chi connectivity index (χ1) is 8.52. The maximum Gasteiger partial charge on any atom is 0.335 e. The van der Waals surface area contributed by atoms with E-state index in [2.05, 4.69) is 10.3 Å². The number of H-pyrrole nitrogens is 1. The maximum absolute atomic E-state index is 11.7. The fourth-order valence-corrected chi connectivity index (χ4v) is 1.67. The Balaban J connectivity index is 2.60. The molecule has 0 aliphatic rings. The third kappa shape index (κ3) is 1.97. The van der Waals surface area contributed by atoms with E-state index in [1.165, 1.54) is 29.8 Å². The molecule has 1 heterocycles. The van der Waals surface area contributed by atoms with Gasteiger partial charge >= 0.3 is 11.7 Å². The third-order valence-electron chi connectivity index (χ3n) is 2.60. The number of benzene rings is 1. The summed E-state index contributed by atoms with van der Waals surface area (Å²) in [6.07, 6.45) is 0. The van der Waals surface area contributed by atoms with E-state index < -0.39 is 11.7 Å². The molecule has 0 fully saturated rings. The minimum absolute atomic E-state index is 0.0622. The zero-order chi connectivity index (χ0) is 13.3. The van der Waals surface area contributed by atoms with Crippen LogP contribution in [-0.4, -0.2) is 33.6 Å². The molecular formula is C11H11N3O4. The molecule has 0 atom stereocenters. The quantitative estimate of drug-likeness (QED) is 0.699. The van der Waals surface area contributed by atoms with Crippen molar-refractivity contribution < 1.29 is 14.7 Å². The number of aromatic amines is 1. The minimum atomic E-state index is -1.09. The molecule has 2 aromatic rings. The van der Waals surface area contributed by atoms with Gasteiger partial charge in [-0.3, -0.25) is 9.36 Å². The number of rotatable bonds is 3. The highest BCUT2D eigenvalue weighted by atomic mass is 16.4. The molecule has 7 nitrogen and oxygen atoms in total. The standard InChI is InChI=1S/C11H11N3O4/c1-12-9(15)5-14-8-4-6(10(16)17)2-3-7(8)13-11(14)18/h2-4H,5H2,1H3,(H,12,15)(H,13,18)(H,16,17). The van der Waals surface area contributed by atoms with Gasteiger partial charge < -0.3 is 15.4 Å². The number of carbonyl (C=O) groups is 2. The smallest absolute Gasteiger partial charge is 0.335 e. The zero-order valence-electron chi connectivity index (χ0n) is 9.56. The van der Waals surface area contributed by atoms with Gasteiger partial charge in [-0.05, 0) is 18.2 Å². The Kier molecular flexibility index (Phi) is 2.88. The van der Waals surface area contributed by atoms with Crippen LogP contribution in [0, 0.1) is 0 Å². The van der Waals surface area contributed by atoms with Crippen LogP contribution < -0.4 is 11.0 Å². The molecule has 0 aliphatic carbocycles. The average molecular weight is 249 g/mol. The lowest BCUT2D eigenvalue weighted by Crippen LogP contribution is -2.28. The Bertz CT molecular complexity index is 683. The Morgan fingerprint density at radius 2 is 2.17 bits per heavy atom. The number of imidazole rings is 1. The molecule has 0 aliphatic heterocycles. The minimum Gasteiger partial charge on any atom is -0.478 e. The van der Waals surface area contributed by atoms with Gasteiger partial charge in [0.05, 0.1) is 16.6 Å².